The van der Waals surface area contributed by atoms with Crippen molar-refractivity contribution in [3.63, 3.8) is 0 Å². The van der Waals surface area contributed by atoms with E-state index in [0.717, 1.165) is 79.3 Å². The highest BCUT2D eigenvalue weighted by Crippen LogP contribution is 2.67. The zero-order valence-electron chi connectivity index (χ0n) is 32.2. The maximum atomic E-state index is 14.9. The van der Waals surface area contributed by atoms with Crippen molar-refractivity contribution >= 4 is 42.8 Å². The minimum atomic E-state index is -3.85. The number of carbonyl (C=O) groups is 2. The molecule has 1 aromatic heterocycles. The van der Waals surface area contributed by atoms with Crippen molar-refractivity contribution < 1.29 is 31.2 Å². The van der Waals surface area contributed by atoms with Gasteiger partial charge in [0.1, 0.15) is 5.75 Å². The topological polar surface area (TPSA) is 135 Å². The lowest BCUT2D eigenvalue weighted by molar-refractivity contribution is -0.137. The molecule has 2 aliphatic heterocycles. The summed E-state index contributed by atoms with van der Waals surface area (Å²) in [6.07, 6.45) is 8.88. The van der Waals surface area contributed by atoms with Crippen LogP contribution >= 0.6 is 0 Å². The number of amides is 2. The summed E-state index contributed by atoms with van der Waals surface area (Å²) in [6.45, 7) is 9.10. The van der Waals surface area contributed by atoms with Gasteiger partial charge in [0.25, 0.3) is 5.91 Å². The van der Waals surface area contributed by atoms with Crippen molar-refractivity contribution in [3.05, 3.63) is 53.6 Å². The molecule has 3 saturated carbocycles. The maximum absolute atomic E-state index is 14.9. The Kier molecular flexibility index (Phi) is 9.08. The van der Waals surface area contributed by atoms with Crippen molar-refractivity contribution in [3.8, 4) is 17.0 Å². The van der Waals surface area contributed by atoms with Crippen molar-refractivity contribution in [2.24, 2.45) is 16.2 Å². The summed E-state index contributed by atoms with van der Waals surface area (Å²) >= 11 is 0. The first-order chi connectivity index (χ1) is 25.6. The van der Waals surface area contributed by atoms with E-state index in [0.29, 0.717) is 38.6 Å². The number of ether oxygens (including phenoxy) is 1. The number of methoxy groups -OCH3 is 1. The second kappa shape index (κ2) is 13.1. The smallest absolute Gasteiger partial charge is 0.264 e. The van der Waals surface area contributed by atoms with E-state index < -0.39 is 41.9 Å². The quantitative estimate of drug-likeness (QED) is 0.242. The number of hydrogen-bond donors (Lipinski definition) is 1. The van der Waals surface area contributed by atoms with Crippen LogP contribution in [0.1, 0.15) is 107 Å². The molecule has 11 nitrogen and oxygen atoms in total. The Morgan fingerprint density at radius 1 is 0.833 bits per heavy atom. The lowest BCUT2D eigenvalue weighted by Crippen LogP contribution is -2.49. The lowest BCUT2D eigenvalue weighted by Gasteiger charge is -2.48. The molecule has 13 heteroatoms. The number of likely N-dealkylation sites (tertiary alicyclic amines) is 1. The Bertz CT molecular complexity index is 2200. The standard InChI is InChI=1S/C41H54N4O7S2/c1-27(2)53(48,49)42-37(46)31-13-16-33-34(21-31)45(36(30-11-14-32(52-5)15-12-30)35(33)29-9-7-6-8-10-29)22-39(17-18-39)38(47)43-23-40-19-20-41(40,24-43)26-44(25-40)54(50,51)28(3)4/h11-16,21,27-29H,6-10,17-20,22-26H2,1-5H3,(H,42,46). The van der Waals surface area contributed by atoms with Gasteiger partial charge in [-0.3, -0.25) is 9.59 Å². The van der Waals surface area contributed by atoms with Gasteiger partial charge < -0.3 is 14.2 Å². The fraction of sp³-hybridized carbons (Fsp3) is 0.610. The van der Waals surface area contributed by atoms with Crippen LogP contribution in [0, 0.1) is 16.2 Å². The van der Waals surface area contributed by atoms with Crippen LogP contribution in [0.4, 0.5) is 0 Å². The maximum Gasteiger partial charge on any atom is 0.264 e. The number of aromatic nitrogens is 1. The number of sulfonamides is 2. The number of hydrogen-bond acceptors (Lipinski definition) is 7. The van der Waals surface area contributed by atoms with Crippen LogP contribution in [-0.4, -0.2) is 86.2 Å². The molecule has 2 unspecified atom stereocenters. The highest BCUT2D eigenvalue weighted by molar-refractivity contribution is 7.90. The summed E-state index contributed by atoms with van der Waals surface area (Å²) in [6, 6.07) is 13.5. The van der Waals surface area contributed by atoms with E-state index in [1.54, 1.807) is 31.3 Å². The molecule has 1 N–H and O–H groups in total. The average molecular weight is 779 g/mol. The predicted molar refractivity (Wildman–Crippen MR) is 209 cm³/mol. The zero-order chi connectivity index (χ0) is 38.4. The molecule has 2 amide bonds. The van der Waals surface area contributed by atoms with Gasteiger partial charge in [-0.25, -0.2) is 25.9 Å². The SMILES string of the molecule is COc1ccc(-c2c(C3CCCCC3)c3ccc(C(=O)NS(=O)(=O)C(C)C)cc3n2CC2(C(=O)N3CC45CCC4(C3)CN(S(=O)(=O)C(C)C)C5)CC2)cc1. The molecule has 292 valence electrons. The van der Waals surface area contributed by atoms with Gasteiger partial charge in [-0.2, -0.15) is 0 Å². The highest BCUT2D eigenvalue weighted by Gasteiger charge is 2.71. The summed E-state index contributed by atoms with van der Waals surface area (Å²) in [5.74, 6) is 0.497. The summed E-state index contributed by atoms with van der Waals surface area (Å²) in [7, 11) is -5.59. The highest BCUT2D eigenvalue weighted by atomic mass is 32.2. The van der Waals surface area contributed by atoms with Gasteiger partial charge in [-0.05, 0) is 120 Å². The number of nitrogens with one attached hydrogen (secondary N) is 1. The van der Waals surface area contributed by atoms with Gasteiger partial charge in [0, 0.05) is 60.0 Å². The average Bonchev–Trinajstić information content (AvgIpc) is 3.75. The van der Waals surface area contributed by atoms with Crippen molar-refractivity contribution in [1.29, 1.82) is 0 Å². The molecule has 2 atom stereocenters. The Morgan fingerprint density at radius 3 is 2.00 bits per heavy atom. The summed E-state index contributed by atoms with van der Waals surface area (Å²) < 4.78 is 63.6. The Hall–Kier alpha value is -3.42. The molecule has 3 aromatic rings. The molecule has 3 aliphatic carbocycles. The minimum absolute atomic E-state index is 0.134. The molecule has 3 heterocycles. The number of carbonyl (C=O) groups excluding carboxylic acids is 2. The van der Waals surface area contributed by atoms with Crippen molar-refractivity contribution in [2.45, 2.75) is 108 Å². The van der Waals surface area contributed by atoms with Crippen LogP contribution < -0.4 is 9.46 Å². The van der Waals surface area contributed by atoms with E-state index >= 15 is 0 Å². The number of fused-ring (bicyclic) bond motifs is 1. The van der Waals surface area contributed by atoms with Crippen LogP contribution in [0.3, 0.4) is 0 Å². The van der Waals surface area contributed by atoms with Crippen molar-refractivity contribution in [2.75, 3.05) is 33.3 Å². The first kappa shape index (κ1) is 37.5. The second-order valence-corrected chi connectivity index (χ2v) is 22.3. The molecule has 0 bridgehead atoms. The van der Waals surface area contributed by atoms with Gasteiger partial charge in [0.15, 0.2) is 0 Å². The first-order valence-corrected chi connectivity index (χ1v) is 22.8. The van der Waals surface area contributed by atoms with Crippen LogP contribution in [0.5, 0.6) is 5.75 Å². The van der Waals surface area contributed by atoms with E-state index in [2.05, 4.69) is 26.3 Å². The Balaban J connectivity index is 1.20. The van der Waals surface area contributed by atoms with Gasteiger partial charge in [0.2, 0.25) is 26.0 Å². The van der Waals surface area contributed by atoms with Crippen LogP contribution in [0.15, 0.2) is 42.5 Å². The monoisotopic (exact) mass is 778 g/mol. The van der Waals surface area contributed by atoms with E-state index in [4.69, 9.17) is 4.74 Å². The van der Waals surface area contributed by atoms with Crippen LogP contribution in [0.25, 0.3) is 22.2 Å². The molecule has 54 heavy (non-hydrogen) atoms. The second-order valence-electron chi connectivity index (χ2n) is 17.5. The molecule has 5 fully saturated rings. The number of benzene rings is 2. The van der Waals surface area contributed by atoms with E-state index in [-0.39, 0.29) is 22.3 Å². The Morgan fingerprint density at radius 2 is 1.46 bits per heavy atom. The van der Waals surface area contributed by atoms with E-state index in [1.807, 2.05) is 24.3 Å². The van der Waals surface area contributed by atoms with Crippen molar-refractivity contribution in [1.82, 2.24) is 18.5 Å². The molecular weight excluding hydrogens is 725 g/mol. The predicted octanol–water partition coefficient (Wildman–Crippen LogP) is 6.28. The van der Waals surface area contributed by atoms with Gasteiger partial charge in [-0.1, -0.05) is 25.3 Å². The summed E-state index contributed by atoms with van der Waals surface area (Å²) in [5.41, 5.74) is 3.31. The molecule has 5 aliphatic rings. The van der Waals surface area contributed by atoms with E-state index in [1.165, 1.54) is 25.8 Å². The fourth-order valence-corrected chi connectivity index (χ4v) is 12.2. The third-order valence-corrected chi connectivity index (χ3v) is 17.6. The third kappa shape index (κ3) is 5.90. The fourth-order valence-electron chi connectivity index (χ4n) is 10.1. The molecular formula is C41H54N4O7S2. The summed E-state index contributed by atoms with van der Waals surface area (Å²) in [5, 5.41) is -0.217. The lowest BCUT2D eigenvalue weighted by atomic mass is 9.53. The number of rotatable bonds is 11. The molecule has 2 saturated heterocycles. The van der Waals surface area contributed by atoms with Gasteiger partial charge in [0.05, 0.1) is 28.7 Å². The molecule has 2 aromatic carbocycles. The molecule has 8 rings (SSSR count). The number of nitrogens with zero attached hydrogens (tertiary/aromatic N) is 3. The van der Waals surface area contributed by atoms with Gasteiger partial charge in [-0.15, -0.1) is 0 Å². The van der Waals surface area contributed by atoms with Crippen LogP contribution in [0.2, 0.25) is 0 Å². The third-order valence-electron chi connectivity index (χ3n) is 13.8. The largest absolute Gasteiger partial charge is 0.497 e. The van der Waals surface area contributed by atoms with E-state index in [9.17, 15) is 26.4 Å². The normalized spacial score (nSPS) is 25.5. The summed E-state index contributed by atoms with van der Waals surface area (Å²) in [4.78, 5) is 30.4. The molecule has 0 spiro atoms. The van der Waals surface area contributed by atoms with Gasteiger partial charge >= 0.3 is 0 Å². The minimum Gasteiger partial charge on any atom is -0.497 e. The zero-order valence-corrected chi connectivity index (χ0v) is 33.8. The van der Waals surface area contributed by atoms with Crippen LogP contribution in [-0.2, 0) is 31.4 Å². The molecule has 0 radical (unpaired) electrons. The Labute approximate surface area is 319 Å². The first-order valence-electron chi connectivity index (χ1n) is 19.7.